The molecule has 0 radical (unpaired) electrons. The number of epoxide rings is 1. The molecule has 1 heterocycles. The molecule has 1 saturated heterocycles. The normalized spacial score (nSPS) is 20.7. The first-order chi connectivity index (χ1) is 6.66. The zero-order chi connectivity index (χ0) is 10.0. The van der Waals surface area contributed by atoms with Crippen molar-refractivity contribution < 1.29 is 13.2 Å². The van der Waals surface area contributed by atoms with E-state index in [9.17, 15) is 8.42 Å². The number of sulfone groups is 1. The predicted molar refractivity (Wildman–Crippen MR) is 53.7 cm³/mol. The molecule has 1 fully saturated rings. The van der Waals surface area contributed by atoms with Gasteiger partial charge in [-0.2, -0.15) is 0 Å². The lowest BCUT2D eigenvalue weighted by Gasteiger charge is -2.01. The van der Waals surface area contributed by atoms with Crippen molar-refractivity contribution in [2.45, 2.75) is 11.9 Å². The Bertz CT molecular complexity index is 393. The lowest BCUT2D eigenvalue weighted by atomic mass is 10.2. The van der Waals surface area contributed by atoms with E-state index in [-0.39, 0.29) is 17.6 Å². The molecule has 3 nitrogen and oxygen atoms in total. The van der Waals surface area contributed by atoms with E-state index in [0.717, 1.165) is 5.56 Å². The summed E-state index contributed by atoms with van der Waals surface area (Å²) in [6.07, 6.45) is -0.0521. The van der Waals surface area contributed by atoms with Crippen molar-refractivity contribution in [3.8, 4) is 0 Å². The summed E-state index contributed by atoms with van der Waals surface area (Å²) in [5.41, 5.74) is 0.841. The van der Waals surface area contributed by atoms with Gasteiger partial charge in [-0.1, -0.05) is 30.3 Å². The quantitative estimate of drug-likeness (QED) is 0.699. The van der Waals surface area contributed by atoms with Gasteiger partial charge >= 0.3 is 0 Å². The van der Waals surface area contributed by atoms with Gasteiger partial charge in [0.05, 0.1) is 24.2 Å². The van der Waals surface area contributed by atoms with E-state index in [0.29, 0.717) is 6.61 Å². The largest absolute Gasteiger partial charge is 0.372 e. The summed E-state index contributed by atoms with van der Waals surface area (Å²) >= 11 is 0. The second kappa shape index (κ2) is 3.71. The summed E-state index contributed by atoms with van der Waals surface area (Å²) in [6, 6.07) is 9.22. The zero-order valence-electron chi connectivity index (χ0n) is 7.72. The number of hydrogen-bond donors (Lipinski definition) is 0. The Balaban J connectivity index is 2.02. The van der Waals surface area contributed by atoms with Crippen LogP contribution in [-0.4, -0.2) is 26.9 Å². The lowest BCUT2D eigenvalue weighted by molar-refractivity contribution is 0.422. The monoisotopic (exact) mass is 212 g/mol. The molecule has 0 unspecified atom stereocenters. The van der Waals surface area contributed by atoms with E-state index in [4.69, 9.17) is 4.74 Å². The highest BCUT2D eigenvalue weighted by Gasteiger charge is 2.29. The first-order valence-corrected chi connectivity index (χ1v) is 6.34. The summed E-state index contributed by atoms with van der Waals surface area (Å²) in [6.45, 7) is 0.591. The summed E-state index contributed by atoms with van der Waals surface area (Å²) in [7, 11) is -3.00. The van der Waals surface area contributed by atoms with Crippen LogP contribution in [0.3, 0.4) is 0 Å². The van der Waals surface area contributed by atoms with Gasteiger partial charge < -0.3 is 4.74 Å². The molecule has 0 saturated carbocycles. The fourth-order valence-corrected chi connectivity index (χ4v) is 2.91. The highest BCUT2D eigenvalue weighted by molar-refractivity contribution is 7.90. The summed E-state index contributed by atoms with van der Waals surface area (Å²) in [4.78, 5) is 0. The van der Waals surface area contributed by atoms with Gasteiger partial charge in [0.25, 0.3) is 0 Å². The smallest absolute Gasteiger partial charge is 0.157 e. The minimum absolute atomic E-state index is 0.0521. The SMILES string of the molecule is O=S(=O)(Cc1ccccc1)C[C@@H]1CO1. The molecule has 0 amide bonds. The van der Waals surface area contributed by atoms with E-state index in [1.807, 2.05) is 30.3 Å². The fraction of sp³-hybridized carbons (Fsp3) is 0.400. The first kappa shape index (κ1) is 9.68. The molecule has 0 aliphatic carbocycles. The van der Waals surface area contributed by atoms with Crippen LogP contribution in [0.1, 0.15) is 5.56 Å². The molecule has 1 aliphatic heterocycles. The van der Waals surface area contributed by atoms with E-state index in [1.54, 1.807) is 0 Å². The van der Waals surface area contributed by atoms with E-state index < -0.39 is 9.84 Å². The van der Waals surface area contributed by atoms with Gasteiger partial charge in [0.1, 0.15) is 0 Å². The maximum atomic E-state index is 11.6. The van der Waals surface area contributed by atoms with Gasteiger partial charge in [-0.25, -0.2) is 8.42 Å². The predicted octanol–water partition coefficient (Wildman–Crippen LogP) is 1.00. The maximum absolute atomic E-state index is 11.6. The van der Waals surface area contributed by atoms with Gasteiger partial charge in [0, 0.05) is 0 Å². The highest BCUT2D eigenvalue weighted by atomic mass is 32.2. The molecule has 0 bridgehead atoms. The summed E-state index contributed by atoms with van der Waals surface area (Å²) < 4.78 is 28.0. The Kier molecular flexibility index (Phi) is 2.56. The van der Waals surface area contributed by atoms with E-state index >= 15 is 0 Å². The van der Waals surface area contributed by atoms with Gasteiger partial charge in [-0.3, -0.25) is 0 Å². The maximum Gasteiger partial charge on any atom is 0.157 e. The Hall–Kier alpha value is -0.870. The average Bonchev–Trinajstić information content (AvgIpc) is 2.88. The third-order valence-electron chi connectivity index (χ3n) is 2.07. The molecule has 1 aromatic rings. The molecule has 1 atom stereocenters. The van der Waals surface area contributed by atoms with Crippen LogP contribution >= 0.6 is 0 Å². The number of hydrogen-bond acceptors (Lipinski definition) is 3. The number of ether oxygens (including phenoxy) is 1. The van der Waals surface area contributed by atoms with Gasteiger partial charge in [0.15, 0.2) is 9.84 Å². The van der Waals surface area contributed by atoms with Crippen molar-refractivity contribution in [2.24, 2.45) is 0 Å². The van der Waals surface area contributed by atoms with Crippen molar-refractivity contribution in [2.75, 3.05) is 12.4 Å². The van der Waals surface area contributed by atoms with Gasteiger partial charge in [-0.15, -0.1) is 0 Å². The first-order valence-electron chi connectivity index (χ1n) is 4.52. The van der Waals surface area contributed by atoms with Gasteiger partial charge in [-0.05, 0) is 5.56 Å². The minimum atomic E-state index is -3.00. The molecular weight excluding hydrogens is 200 g/mol. The van der Waals surface area contributed by atoms with Crippen LogP contribution in [0.4, 0.5) is 0 Å². The Labute approximate surface area is 83.6 Å². The Morgan fingerprint density at radius 3 is 2.50 bits per heavy atom. The summed E-state index contributed by atoms with van der Waals surface area (Å²) in [5, 5.41) is 0. The Morgan fingerprint density at radius 1 is 1.29 bits per heavy atom. The average molecular weight is 212 g/mol. The third kappa shape index (κ3) is 2.82. The molecule has 0 spiro atoms. The van der Waals surface area contributed by atoms with Crippen LogP contribution < -0.4 is 0 Å². The van der Waals surface area contributed by atoms with Gasteiger partial charge in [0.2, 0.25) is 0 Å². The van der Waals surface area contributed by atoms with Crippen molar-refractivity contribution >= 4 is 9.84 Å². The highest BCUT2D eigenvalue weighted by Crippen LogP contribution is 2.15. The number of benzene rings is 1. The van der Waals surface area contributed by atoms with Crippen molar-refractivity contribution in [1.82, 2.24) is 0 Å². The molecule has 1 aromatic carbocycles. The standard InChI is InChI=1S/C10H12O3S/c11-14(12,8-10-6-13-10)7-9-4-2-1-3-5-9/h1-5,10H,6-8H2/t10-/m0/s1. The zero-order valence-corrected chi connectivity index (χ0v) is 8.53. The Morgan fingerprint density at radius 2 is 1.93 bits per heavy atom. The molecule has 1 aliphatic rings. The lowest BCUT2D eigenvalue weighted by Crippen LogP contribution is -2.13. The van der Waals surface area contributed by atoms with Crippen LogP contribution in [0.5, 0.6) is 0 Å². The number of rotatable bonds is 4. The van der Waals surface area contributed by atoms with Crippen molar-refractivity contribution in [3.05, 3.63) is 35.9 Å². The van der Waals surface area contributed by atoms with Crippen LogP contribution in [-0.2, 0) is 20.3 Å². The topological polar surface area (TPSA) is 46.7 Å². The molecule has 0 N–H and O–H groups in total. The molecule has 0 aromatic heterocycles. The molecule has 2 rings (SSSR count). The second-order valence-corrected chi connectivity index (χ2v) is 5.60. The van der Waals surface area contributed by atoms with E-state index in [1.165, 1.54) is 0 Å². The molecular formula is C10H12O3S. The van der Waals surface area contributed by atoms with Crippen LogP contribution in [0.2, 0.25) is 0 Å². The molecule has 14 heavy (non-hydrogen) atoms. The van der Waals surface area contributed by atoms with Crippen molar-refractivity contribution in [1.29, 1.82) is 0 Å². The molecule has 4 heteroatoms. The molecule has 76 valence electrons. The van der Waals surface area contributed by atoms with E-state index in [2.05, 4.69) is 0 Å². The fourth-order valence-electron chi connectivity index (χ4n) is 1.33. The van der Waals surface area contributed by atoms with Crippen LogP contribution in [0.25, 0.3) is 0 Å². The minimum Gasteiger partial charge on any atom is -0.372 e. The summed E-state index contributed by atoms with van der Waals surface area (Å²) in [5.74, 6) is 0.273. The van der Waals surface area contributed by atoms with Crippen LogP contribution in [0, 0.1) is 0 Å². The second-order valence-electron chi connectivity index (χ2n) is 3.50. The van der Waals surface area contributed by atoms with Crippen molar-refractivity contribution in [3.63, 3.8) is 0 Å². The third-order valence-corrected chi connectivity index (χ3v) is 3.72. The van der Waals surface area contributed by atoms with Crippen LogP contribution in [0.15, 0.2) is 30.3 Å².